The van der Waals surface area contributed by atoms with Crippen LogP contribution in [-0.4, -0.2) is 52.2 Å². The van der Waals surface area contributed by atoms with Crippen molar-refractivity contribution in [2.75, 3.05) is 45.2 Å². The van der Waals surface area contributed by atoms with Gasteiger partial charge in [-0.1, -0.05) is 6.07 Å². The van der Waals surface area contributed by atoms with Crippen LogP contribution in [0.4, 0.5) is 11.4 Å². The summed E-state index contributed by atoms with van der Waals surface area (Å²) in [7, 11) is 8.44. The van der Waals surface area contributed by atoms with Crippen molar-refractivity contribution in [1.82, 2.24) is 0 Å². The van der Waals surface area contributed by atoms with Crippen LogP contribution < -0.4 is 24.0 Å². The number of rotatable bonds is 7. The predicted octanol–water partition coefficient (Wildman–Crippen LogP) is 4.71. The van der Waals surface area contributed by atoms with Crippen LogP contribution in [0.5, 0.6) is 17.2 Å². The highest BCUT2D eigenvalue weighted by Gasteiger charge is 2.47. The molecule has 0 aromatic heterocycles. The van der Waals surface area contributed by atoms with Gasteiger partial charge in [0.05, 0.1) is 32.9 Å². The average molecular weight is 503 g/mol. The molecular formula is C29H30N2O6. The van der Waals surface area contributed by atoms with Crippen LogP contribution in [0.3, 0.4) is 0 Å². The van der Waals surface area contributed by atoms with Crippen molar-refractivity contribution >= 4 is 28.8 Å². The molecule has 4 rings (SSSR count). The molecule has 1 heterocycles. The minimum atomic E-state index is -0.896. The molecule has 3 aromatic carbocycles. The van der Waals surface area contributed by atoms with Crippen LogP contribution in [0.25, 0.3) is 5.76 Å². The van der Waals surface area contributed by atoms with Gasteiger partial charge in [-0.25, -0.2) is 0 Å². The lowest BCUT2D eigenvalue weighted by atomic mass is 9.94. The average Bonchev–Trinajstić information content (AvgIpc) is 3.17. The highest BCUT2D eigenvalue weighted by molar-refractivity contribution is 6.51. The number of ketones is 1. The number of aryl methyl sites for hydroxylation is 1. The van der Waals surface area contributed by atoms with Crippen molar-refractivity contribution in [2.24, 2.45) is 0 Å². The maximum atomic E-state index is 13.5. The van der Waals surface area contributed by atoms with Crippen molar-refractivity contribution < 1.29 is 28.9 Å². The monoisotopic (exact) mass is 502 g/mol. The molecule has 1 aliphatic heterocycles. The molecule has 1 atom stereocenters. The third kappa shape index (κ3) is 4.58. The molecule has 8 heteroatoms. The van der Waals surface area contributed by atoms with Crippen LogP contribution in [0.15, 0.2) is 66.2 Å². The van der Waals surface area contributed by atoms with Gasteiger partial charge in [-0.3, -0.25) is 14.5 Å². The number of methoxy groups -OCH3 is 3. The molecule has 0 radical (unpaired) electrons. The number of ether oxygens (including phenoxy) is 3. The minimum Gasteiger partial charge on any atom is -0.507 e. The lowest BCUT2D eigenvalue weighted by Crippen LogP contribution is -2.29. The Hall–Kier alpha value is -4.46. The zero-order valence-corrected chi connectivity index (χ0v) is 21.7. The molecule has 8 nitrogen and oxygen atoms in total. The number of Topliss-reactive ketones (excluding diaryl/α,β-unsaturated/α-hetero) is 1. The summed E-state index contributed by atoms with van der Waals surface area (Å²) in [5, 5.41) is 11.4. The van der Waals surface area contributed by atoms with Crippen LogP contribution >= 0.6 is 0 Å². The first-order chi connectivity index (χ1) is 17.7. The molecule has 192 valence electrons. The summed E-state index contributed by atoms with van der Waals surface area (Å²) in [6, 6.07) is 16.7. The van der Waals surface area contributed by atoms with Crippen molar-refractivity contribution in [2.45, 2.75) is 13.0 Å². The Morgan fingerprint density at radius 2 is 1.46 bits per heavy atom. The van der Waals surface area contributed by atoms with Crippen LogP contribution in [0, 0.1) is 6.92 Å². The fourth-order valence-corrected chi connectivity index (χ4v) is 4.53. The Morgan fingerprint density at radius 1 is 0.838 bits per heavy atom. The highest BCUT2D eigenvalue weighted by atomic mass is 16.5. The summed E-state index contributed by atoms with van der Waals surface area (Å²) in [5.74, 6) is -0.185. The van der Waals surface area contributed by atoms with Crippen molar-refractivity contribution in [3.63, 3.8) is 0 Å². The van der Waals surface area contributed by atoms with E-state index in [9.17, 15) is 14.7 Å². The topological polar surface area (TPSA) is 88.5 Å². The maximum Gasteiger partial charge on any atom is 0.300 e. The molecule has 0 bridgehead atoms. The molecule has 1 fully saturated rings. The van der Waals surface area contributed by atoms with E-state index in [-0.39, 0.29) is 11.3 Å². The molecule has 37 heavy (non-hydrogen) atoms. The normalized spacial score (nSPS) is 16.6. The van der Waals surface area contributed by atoms with Gasteiger partial charge in [-0.2, -0.15) is 0 Å². The van der Waals surface area contributed by atoms with Gasteiger partial charge in [0, 0.05) is 31.0 Å². The third-order valence-electron chi connectivity index (χ3n) is 6.48. The summed E-state index contributed by atoms with van der Waals surface area (Å²) >= 11 is 0. The summed E-state index contributed by atoms with van der Waals surface area (Å²) in [6.45, 7) is 1.84. The molecule has 1 aliphatic rings. The minimum absolute atomic E-state index is 0.0153. The molecule has 0 saturated carbocycles. The summed E-state index contributed by atoms with van der Waals surface area (Å²) in [5.41, 5.74) is 3.22. The molecule has 0 spiro atoms. The fourth-order valence-electron chi connectivity index (χ4n) is 4.53. The van der Waals surface area contributed by atoms with Crippen LogP contribution in [0.2, 0.25) is 0 Å². The Kier molecular flexibility index (Phi) is 7.11. The molecule has 1 N–H and O–H groups in total. The second kappa shape index (κ2) is 10.3. The second-order valence-electron chi connectivity index (χ2n) is 8.88. The van der Waals surface area contributed by atoms with Gasteiger partial charge in [-0.15, -0.1) is 0 Å². The fraction of sp³-hybridized carbons (Fsp3) is 0.241. The largest absolute Gasteiger partial charge is 0.507 e. The number of aliphatic hydroxyl groups excluding tert-OH is 1. The highest BCUT2D eigenvalue weighted by Crippen LogP contribution is 2.44. The van der Waals surface area contributed by atoms with Gasteiger partial charge in [0.15, 0.2) is 11.5 Å². The van der Waals surface area contributed by atoms with E-state index in [1.54, 1.807) is 55.6 Å². The Bertz CT molecular complexity index is 1380. The first kappa shape index (κ1) is 25.6. The number of aliphatic hydroxyl groups is 1. The van der Waals surface area contributed by atoms with Gasteiger partial charge < -0.3 is 24.2 Å². The van der Waals surface area contributed by atoms with Gasteiger partial charge >= 0.3 is 0 Å². The second-order valence-corrected chi connectivity index (χ2v) is 8.88. The van der Waals surface area contributed by atoms with Gasteiger partial charge in [0.25, 0.3) is 11.7 Å². The molecule has 1 saturated heterocycles. The number of carbonyl (C=O) groups is 2. The van der Waals surface area contributed by atoms with E-state index in [0.29, 0.717) is 34.1 Å². The molecule has 1 amide bonds. The SMILES string of the molecule is COc1ccc(/C(O)=C2/C(=O)C(=O)N(c3ccc(N(C)C)cc3)C2c2ccc(OC)c(OC)c2)cc1C. The first-order valence-corrected chi connectivity index (χ1v) is 11.7. The van der Waals surface area contributed by atoms with Crippen LogP contribution in [0.1, 0.15) is 22.7 Å². The van der Waals surface area contributed by atoms with E-state index in [0.717, 1.165) is 11.3 Å². The molecule has 1 unspecified atom stereocenters. The van der Waals surface area contributed by atoms with Crippen LogP contribution in [-0.2, 0) is 9.59 Å². The quantitative estimate of drug-likeness (QED) is 0.284. The number of anilines is 2. The predicted molar refractivity (Wildman–Crippen MR) is 143 cm³/mol. The molecular weight excluding hydrogens is 472 g/mol. The molecule has 0 aliphatic carbocycles. The standard InChI is InChI=1S/C29H30N2O6/c1-17-15-19(8-13-22(17)35-4)27(32)25-26(18-7-14-23(36-5)24(16-18)37-6)31(29(34)28(25)33)21-11-9-20(10-12-21)30(2)3/h7-16,26,32H,1-6H3/b27-25-. The summed E-state index contributed by atoms with van der Waals surface area (Å²) in [4.78, 5) is 30.2. The number of carbonyl (C=O) groups excluding carboxylic acids is 2. The maximum absolute atomic E-state index is 13.5. The van der Waals surface area contributed by atoms with Gasteiger partial charge in [0.2, 0.25) is 0 Å². The number of nitrogens with zero attached hydrogens (tertiary/aromatic N) is 2. The lowest BCUT2D eigenvalue weighted by molar-refractivity contribution is -0.132. The summed E-state index contributed by atoms with van der Waals surface area (Å²) in [6.07, 6.45) is 0. The van der Waals surface area contributed by atoms with E-state index < -0.39 is 17.7 Å². The number of hydrogen-bond donors (Lipinski definition) is 1. The number of hydrogen-bond acceptors (Lipinski definition) is 7. The number of amides is 1. The Balaban J connectivity index is 1.94. The van der Waals surface area contributed by atoms with E-state index in [4.69, 9.17) is 14.2 Å². The van der Waals surface area contributed by atoms with Gasteiger partial charge in [-0.05, 0) is 72.6 Å². The summed E-state index contributed by atoms with van der Waals surface area (Å²) < 4.78 is 16.2. The van der Waals surface area contributed by atoms with Crippen molar-refractivity contribution in [1.29, 1.82) is 0 Å². The molecule has 3 aromatic rings. The zero-order chi connectivity index (χ0) is 26.9. The first-order valence-electron chi connectivity index (χ1n) is 11.7. The van der Waals surface area contributed by atoms with E-state index >= 15 is 0 Å². The van der Waals surface area contributed by atoms with Crippen molar-refractivity contribution in [3.8, 4) is 17.2 Å². The third-order valence-corrected chi connectivity index (χ3v) is 6.48. The Labute approximate surface area is 216 Å². The van der Waals surface area contributed by atoms with Gasteiger partial charge in [0.1, 0.15) is 11.5 Å². The van der Waals surface area contributed by atoms with E-state index in [2.05, 4.69) is 0 Å². The van der Waals surface area contributed by atoms with E-state index in [1.807, 2.05) is 38.1 Å². The smallest absolute Gasteiger partial charge is 0.300 e. The number of benzene rings is 3. The Morgan fingerprint density at radius 3 is 2.03 bits per heavy atom. The van der Waals surface area contributed by atoms with Crippen molar-refractivity contribution in [3.05, 3.63) is 82.9 Å². The van der Waals surface area contributed by atoms with E-state index in [1.165, 1.54) is 19.1 Å². The lowest BCUT2D eigenvalue weighted by Gasteiger charge is -2.26. The zero-order valence-electron chi connectivity index (χ0n) is 21.7.